The number of carbonyl (C=O) groups excluding carboxylic acids is 2. The molecule has 32 heavy (non-hydrogen) atoms. The molecule has 1 aliphatic heterocycles. The topological polar surface area (TPSA) is 122 Å². The summed E-state index contributed by atoms with van der Waals surface area (Å²) in [7, 11) is 0. The molecule has 2 amide bonds. The van der Waals surface area contributed by atoms with Gasteiger partial charge >= 0.3 is 5.69 Å². The van der Waals surface area contributed by atoms with Crippen molar-refractivity contribution in [3.8, 4) is 0 Å². The number of aromatic amines is 1. The Morgan fingerprint density at radius 2 is 1.97 bits per heavy atom. The second kappa shape index (κ2) is 9.19. The lowest BCUT2D eigenvalue weighted by atomic mass is 10.1. The molecule has 2 heterocycles. The number of rotatable bonds is 6. The third-order valence-corrected chi connectivity index (χ3v) is 5.49. The van der Waals surface area contributed by atoms with Crippen LogP contribution in [0.1, 0.15) is 40.5 Å². The molecule has 9 heteroatoms. The highest BCUT2D eigenvalue weighted by Crippen LogP contribution is 2.18. The van der Waals surface area contributed by atoms with Crippen molar-refractivity contribution in [3.05, 3.63) is 74.4 Å². The van der Waals surface area contributed by atoms with Crippen LogP contribution in [0.15, 0.2) is 52.1 Å². The zero-order chi connectivity index (χ0) is 22.7. The first-order chi connectivity index (χ1) is 15.5. The van der Waals surface area contributed by atoms with E-state index in [4.69, 9.17) is 4.74 Å². The molecule has 2 aromatic carbocycles. The van der Waals surface area contributed by atoms with E-state index in [1.54, 1.807) is 31.2 Å². The van der Waals surface area contributed by atoms with Crippen molar-refractivity contribution in [2.24, 2.45) is 0 Å². The van der Waals surface area contributed by atoms with E-state index in [1.165, 1.54) is 18.2 Å². The van der Waals surface area contributed by atoms with Gasteiger partial charge in [0.15, 0.2) is 0 Å². The number of aromatic nitrogens is 2. The first-order valence-electron chi connectivity index (χ1n) is 10.5. The number of nitrogens with zero attached hydrogens (tertiary/aromatic N) is 1. The molecule has 1 fully saturated rings. The van der Waals surface area contributed by atoms with Gasteiger partial charge in [-0.15, -0.1) is 0 Å². The third kappa shape index (κ3) is 4.33. The maximum atomic E-state index is 12.9. The molecule has 0 aliphatic carbocycles. The highest BCUT2D eigenvalue weighted by atomic mass is 16.5. The molecule has 1 unspecified atom stereocenters. The summed E-state index contributed by atoms with van der Waals surface area (Å²) in [4.78, 5) is 52.6. The van der Waals surface area contributed by atoms with Gasteiger partial charge < -0.3 is 20.4 Å². The lowest BCUT2D eigenvalue weighted by Crippen LogP contribution is -2.34. The summed E-state index contributed by atoms with van der Waals surface area (Å²) < 4.78 is 6.62. The largest absolute Gasteiger partial charge is 0.376 e. The van der Waals surface area contributed by atoms with Crippen LogP contribution in [-0.2, 0) is 11.3 Å². The number of fused-ring (bicyclic) bond motifs is 1. The number of benzene rings is 2. The van der Waals surface area contributed by atoms with Crippen LogP contribution in [0, 0.1) is 0 Å². The lowest BCUT2D eigenvalue weighted by Gasteiger charge is -2.14. The Balaban J connectivity index is 1.55. The Morgan fingerprint density at radius 1 is 1.16 bits per heavy atom. The average molecular weight is 436 g/mol. The molecular weight excluding hydrogens is 412 g/mol. The number of hydrogen-bond acceptors (Lipinski definition) is 5. The molecule has 3 aromatic rings. The average Bonchev–Trinajstić information content (AvgIpc) is 3.31. The number of ether oxygens (including phenoxy) is 1. The Hall–Kier alpha value is -3.72. The van der Waals surface area contributed by atoms with Crippen LogP contribution in [0.5, 0.6) is 0 Å². The zero-order valence-corrected chi connectivity index (χ0v) is 17.6. The third-order valence-electron chi connectivity index (χ3n) is 5.49. The maximum Gasteiger partial charge on any atom is 0.328 e. The first-order valence-corrected chi connectivity index (χ1v) is 10.5. The van der Waals surface area contributed by atoms with Crippen molar-refractivity contribution < 1.29 is 14.3 Å². The summed E-state index contributed by atoms with van der Waals surface area (Å²) in [6.07, 6.45) is 1.90. The molecular formula is C23H24N4O5. The van der Waals surface area contributed by atoms with Gasteiger partial charge in [0.1, 0.15) is 0 Å². The Morgan fingerprint density at radius 3 is 2.72 bits per heavy atom. The molecule has 0 bridgehead atoms. The van der Waals surface area contributed by atoms with Gasteiger partial charge in [-0.1, -0.05) is 12.1 Å². The van der Waals surface area contributed by atoms with E-state index in [0.717, 1.165) is 17.4 Å². The number of anilines is 1. The fourth-order valence-electron chi connectivity index (χ4n) is 3.77. The van der Waals surface area contributed by atoms with E-state index < -0.39 is 17.2 Å². The maximum absolute atomic E-state index is 12.9. The molecule has 0 radical (unpaired) electrons. The quantitative estimate of drug-likeness (QED) is 0.545. The second-order valence-corrected chi connectivity index (χ2v) is 7.58. The van der Waals surface area contributed by atoms with Crippen LogP contribution in [0.4, 0.5) is 5.69 Å². The molecule has 1 saturated heterocycles. The molecule has 0 saturated carbocycles. The van der Waals surface area contributed by atoms with Gasteiger partial charge in [0.25, 0.3) is 17.4 Å². The minimum Gasteiger partial charge on any atom is -0.376 e. The molecule has 0 spiro atoms. The second-order valence-electron chi connectivity index (χ2n) is 7.58. The van der Waals surface area contributed by atoms with E-state index in [9.17, 15) is 19.2 Å². The summed E-state index contributed by atoms with van der Waals surface area (Å²) >= 11 is 0. The van der Waals surface area contributed by atoms with Gasteiger partial charge in [-0.2, -0.15) is 0 Å². The van der Waals surface area contributed by atoms with Gasteiger partial charge in [0.2, 0.25) is 0 Å². The number of amides is 2. The molecule has 4 rings (SSSR count). The number of H-pyrrole nitrogens is 1. The van der Waals surface area contributed by atoms with Crippen molar-refractivity contribution >= 4 is 28.4 Å². The standard InChI is InChI=1S/C23H24N4O5/c1-2-27-22(30)17-10-9-14(12-19(17)26-23(27)31)20(28)25-18-8-4-3-7-16(18)21(29)24-13-15-6-5-11-32-15/h3-4,7-10,12,15H,2,5-6,11,13H2,1H3,(H,24,29)(H,25,28)(H,26,31). The molecule has 1 aliphatic rings. The van der Waals surface area contributed by atoms with E-state index >= 15 is 0 Å². The zero-order valence-electron chi connectivity index (χ0n) is 17.6. The van der Waals surface area contributed by atoms with Crippen molar-refractivity contribution in [1.29, 1.82) is 0 Å². The van der Waals surface area contributed by atoms with Crippen LogP contribution in [-0.4, -0.2) is 40.6 Å². The summed E-state index contributed by atoms with van der Waals surface area (Å²) in [5.74, 6) is -0.772. The van der Waals surface area contributed by atoms with Crippen LogP contribution in [0.2, 0.25) is 0 Å². The van der Waals surface area contributed by atoms with Crippen LogP contribution < -0.4 is 21.9 Å². The van der Waals surface area contributed by atoms with Crippen LogP contribution >= 0.6 is 0 Å². The monoisotopic (exact) mass is 436 g/mol. The molecule has 9 nitrogen and oxygen atoms in total. The van der Waals surface area contributed by atoms with E-state index in [0.29, 0.717) is 29.8 Å². The summed E-state index contributed by atoms with van der Waals surface area (Å²) in [5.41, 5.74) is 0.273. The van der Waals surface area contributed by atoms with Gasteiger partial charge in [-0.05, 0) is 50.1 Å². The first kappa shape index (κ1) is 21.5. The Bertz CT molecular complexity index is 1290. The predicted molar refractivity (Wildman–Crippen MR) is 120 cm³/mol. The number of para-hydroxylation sites is 1. The highest BCUT2D eigenvalue weighted by Gasteiger charge is 2.19. The van der Waals surface area contributed by atoms with Gasteiger partial charge in [-0.3, -0.25) is 19.0 Å². The number of carbonyl (C=O) groups is 2. The summed E-state index contributed by atoms with van der Waals surface area (Å²) in [6.45, 7) is 3.07. The fraction of sp³-hybridized carbons (Fsp3) is 0.304. The minimum atomic E-state index is -0.532. The smallest absolute Gasteiger partial charge is 0.328 e. The van der Waals surface area contributed by atoms with Crippen LogP contribution in [0.3, 0.4) is 0 Å². The van der Waals surface area contributed by atoms with Crippen molar-refractivity contribution in [2.75, 3.05) is 18.5 Å². The fourth-order valence-corrected chi connectivity index (χ4v) is 3.77. The highest BCUT2D eigenvalue weighted by molar-refractivity contribution is 6.10. The number of hydrogen-bond donors (Lipinski definition) is 3. The Kier molecular flexibility index (Phi) is 6.18. The van der Waals surface area contributed by atoms with Gasteiger partial charge in [0.05, 0.1) is 28.3 Å². The van der Waals surface area contributed by atoms with Crippen molar-refractivity contribution in [3.63, 3.8) is 0 Å². The predicted octanol–water partition coefficient (Wildman–Crippen LogP) is 1.87. The van der Waals surface area contributed by atoms with Crippen molar-refractivity contribution in [1.82, 2.24) is 14.9 Å². The SMILES string of the molecule is CCn1c(=O)[nH]c2cc(C(=O)Nc3ccccc3C(=O)NCC3CCCO3)ccc2c1=O. The lowest BCUT2D eigenvalue weighted by molar-refractivity contribution is 0.0858. The van der Waals surface area contributed by atoms with Crippen LogP contribution in [0.25, 0.3) is 10.9 Å². The summed E-state index contributed by atoms with van der Waals surface area (Å²) in [5, 5.41) is 5.91. The van der Waals surface area contributed by atoms with E-state index in [-0.39, 0.29) is 29.6 Å². The molecule has 3 N–H and O–H groups in total. The van der Waals surface area contributed by atoms with E-state index in [1.807, 2.05) is 0 Å². The number of nitrogens with one attached hydrogen (secondary N) is 3. The normalized spacial score (nSPS) is 15.6. The van der Waals surface area contributed by atoms with E-state index in [2.05, 4.69) is 15.6 Å². The molecule has 1 aromatic heterocycles. The minimum absolute atomic E-state index is 0.0118. The van der Waals surface area contributed by atoms with Crippen molar-refractivity contribution in [2.45, 2.75) is 32.4 Å². The molecule has 1 atom stereocenters. The van der Waals surface area contributed by atoms with Gasteiger partial charge in [0, 0.05) is 25.3 Å². The molecule has 166 valence electrons. The van der Waals surface area contributed by atoms with Gasteiger partial charge in [-0.25, -0.2) is 4.79 Å². The Labute approximate surface area is 183 Å². The summed E-state index contributed by atoms with van der Waals surface area (Å²) in [6, 6.07) is 11.2.